The van der Waals surface area contributed by atoms with E-state index in [2.05, 4.69) is 9.97 Å². The fourth-order valence-electron chi connectivity index (χ4n) is 1.52. The number of nitrogens with one attached hydrogen (secondary N) is 1. The molecule has 1 aromatic carbocycles. The number of carbonyl (C=O) groups is 1. The second kappa shape index (κ2) is 6.13. The van der Waals surface area contributed by atoms with E-state index >= 15 is 0 Å². The molecule has 22 heavy (non-hydrogen) atoms. The molecule has 6 N–H and O–H groups in total. The number of nitrogens with zero attached hydrogens (tertiary/aromatic N) is 1. The summed E-state index contributed by atoms with van der Waals surface area (Å²) in [5.74, 6) is -0.949. The van der Waals surface area contributed by atoms with E-state index in [4.69, 9.17) is 16.0 Å². The third-order valence-corrected chi connectivity index (χ3v) is 4.27. The highest BCUT2D eigenvalue weighted by atomic mass is 32.2. The fraction of sp³-hybridized carbons (Fsp3) is 0. The lowest BCUT2D eigenvalue weighted by Gasteiger charge is -1.96. The topological polar surface area (TPSA) is 152 Å². The second-order valence-corrected chi connectivity index (χ2v) is 6.62. The number of carboxylic acid groups (broad SMARTS) is 1. The van der Waals surface area contributed by atoms with Crippen LogP contribution in [0.5, 0.6) is 0 Å². The van der Waals surface area contributed by atoms with Crippen molar-refractivity contribution in [2.24, 2.45) is 5.14 Å². The highest BCUT2D eigenvalue weighted by molar-refractivity contribution is 7.89. The van der Waals surface area contributed by atoms with Crippen molar-refractivity contribution in [3.8, 4) is 0 Å². The Morgan fingerprint density at radius 3 is 2.41 bits per heavy atom. The van der Waals surface area contributed by atoms with Gasteiger partial charge in [0.2, 0.25) is 10.0 Å². The summed E-state index contributed by atoms with van der Waals surface area (Å²) in [6.45, 7) is 0. The predicted molar refractivity (Wildman–Crippen MR) is 83.2 cm³/mol. The van der Waals surface area contributed by atoms with Crippen LogP contribution in [0.15, 0.2) is 40.7 Å². The number of hydrogen-bond donors (Lipinski definition) is 4. The summed E-state index contributed by atoms with van der Waals surface area (Å²) >= 11 is 1.42. The van der Waals surface area contributed by atoms with Crippen molar-refractivity contribution in [3.63, 3.8) is 0 Å². The minimum Gasteiger partial charge on any atom is -0.477 e. The number of H-pyrrole nitrogens is 1. The number of fused-ring (bicyclic) bond motifs is 1. The number of thiazole rings is 1. The van der Waals surface area contributed by atoms with E-state index in [1.54, 1.807) is 11.6 Å². The second-order valence-electron chi connectivity index (χ2n) is 4.17. The van der Waals surface area contributed by atoms with Gasteiger partial charge in [-0.3, -0.25) is 0 Å². The van der Waals surface area contributed by atoms with Crippen molar-refractivity contribution in [3.05, 3.63) is 41.5 Å². The van der Waals surface area contributed by atoms with Gasteiger partial charge >= 0.3 is 5.97 Å². The molecule has 116 valence electrons. The molecule has 0 spiro atoms. The predicted octanol–water partition coefficient (Wildman–Crippen LogP) is 1.24. The van der Waals surface area contributed by atoms with E-state index in [1.807, 2.05) is 0 Å². The van der Waals surface area contributed by atoms with Gasteiger partial charge < -0.3 is 15.8 Å². The van der Waals surface area contributed by atoms with Gasteiger partial charge in [0.1, 0.15) is 11.3 Å². The SMILES string of the molecule is Nc1ccc(S(N)(=O)=O)cc1.O=C(O)c1cc2scnc2[nH]1. The third-order valence-electron chi connectivity index (χ3n) is 2.56. The first-order chi connectivity index (χ1) is 10.3. The lowest BCUT2D eigenvalue weighted by Crippen LogP contribution is -2.11. The average molecular weight is 340 g/mol. The van der Waals surface area contributed by atoms with Gasteiger partial charge in [-0.15, -0.1) is 11.3 Å². The van der Waals surface area contributed by atoms with Gasteiger partial charge in [0.25, 0.3) is 0 Å². The maximum Gasteiger partial charge on any atom is 0.352 e. The standard InChI is InChI=1S/C6H4N2O2S.C6H8N2O2S/c9-6(10)3-1-4-5(8-3)7-2-11-4;7-5-1-3-6(4-2-5)11(8,9)10/h1-2,8H,(H,9,10);1-4H,7H2,(H2,8,9,10). The van der Waals surface area contributed by atoms with E-state index in [-0.39, 0.29) is 10.6 Å². The van der Waals surface area contributed by atoms with Crippen LogP contribution in [0.3, 0.4) is 0 Å². The van der Waals surface area contributed by atoms with Gasteiger partial charge in [-0.2, -0.15) is 0 Å². The minimum atomic E-state index is -3.58. The molecule has 0 aliphatic carbocycles. The van der Waals surface area contributed by atoms with Crippen LogP contribution in [0.4, 0.5) is 5.69 Å². The highest BCUT2D eigenvalue weighted by Gasteiger charge is 2.07. The van der Waals surface area contributed by atoms with Gasteiger partial charge in [-0.25, -0.2) is 23.3 Å². The number of nitrogen functional groups attached to an aromatic ring is 1. The van der Waals surface area contributed by atoms with Crippen molar-refractivity contribution < 1.29 is 18.3 Å². The van der Waals surface area contributed by atoms with Gasteiger partial charge in [0, 0.05) is 5.69 Å². The Morgan fingerprint density at radius 1 is 1.27 bits per heavy atom. The van der Waals surface area contributed by atoms with Crippen molar-refractivity contribution in [1.82, 2.24) is 9.97 Å². The molecule has 0 amide bonds. The van der Waals surface area contributed by atoms with Crippen LogP contribution >= 0.6 is 11.3 Å². The number of hydrogen-bond acceptors (Lipinski definition) is 6. The number of rotatable bonds is 2. The van der Waals surface area contributed by atoms with Crippen LogP contribution in [0.25, 0.3) is 10.3 Å². The van der Waals surface area contributed by atoms with E-state index in [9.17, 15) is 13.2 Å². The van der Waals surface area contributed by atoms with E-state index < -0.39 is 16.0 Å². The number of nitrogens with two attached hydrogens (primary N) is 2. The summed E-state index contributed by atoms with van der Waals surface area (Å²) in [4.78, 5) is 17.1. The van der Waals surface area contributed by atoms with Crippen LogP contribution in [0.2, 0.25) is 0 Å². The Balaban J connectivity index is 0.000000160. The van der Waals surface area contributed by atoms with E-state index in [0.29, 0.717) is 11.3 Å². The lowest BCUT2D eigenvalue weighted by atomic mass is 10.3. The van der Waals surface area contributed by atoms with Crippen LogP contribution in [-0.2, 0) is 10.0 Å². The molecular weight excluding hydrogens is 328 g/mol. The molecular formula is C12H12N4O4S2. The fourth-order valence-corrected chi connectivity index (χ4v) is 2.71. The first-order valence-electron chi connectivity index (χ1n) is 5.81. The Bertz CT molecular complexity index is 868. The molecule has 0 aliphatic heterocycles. The first kappa shape index (κ1) is 15.9. The van der Waals surface area contributed by atoms with E-state index in [0.717, 1.165) is 4.70 Å². The zero-order valence-corrected chi connectivity index (χ0v) is 12.7. The van der Waals surface area contributed by atoms with Crippen LogP contribution in [0.1, 0.15) is 10.5 Å². The summed E-state index contributed by atoms with van der Waals surface area (Å²) in [5, 5.41) is 13.4. The molecule has 0 bridgehead atoms. The molecule has 2 heterocycles. The molecule has 0 fully saturated rings. The summed E-state index contributed by atoms with van der Waals surface area (Å²) in [6.07, 6.45) is 0. The van der Waals surface area contributed by atoms with Crippen molar-refractivity contribution in [2.75, 3.05) is 5.73 Å². The molecule has 0 radical (unpaired) electrons. The summed E-state index contributed by atoms with van der Waals surface area (Å²) < 4.78 is 22.2. The number of anilines is 1. The zero-order valence-electron chi connectivity index (χ0n) is 11.1. The summed E-state index contributed by atoms with van der Waals surface area (Å²) in [7, 11) is -3.58. The van der Waals surface area contributed by atoms with Crippen molar-refractivity contribution in [2.45, 2.75) is 4.90 Å². The summed E-state index contributed by atoms with van der Waals surface area (Å²) in [6, 6.07) is 7.28. The molecule has 0 saturated heterocycles. The number of carboxylic acids is 1. The number of aromatic amines is 1. The summed E-state index contributed by atoms with van der Waals surface area (Å²) in [5.41, 5.74) is 8.36. The molecule has 8 nitrogen and oxygen atoms in total. The Labute approximate surface area is 129 Å². The number of benzene rings is 1. The van der Waals surface area contributed by atoms with Gasteiger partial charge in [0.15, 0.2) is 0 Å². The molecule has 2 aromatic heterocycles. The third kappa shape index (κ3) is 3.81. The Hall–Kier alpha value is -2.43. The lowest BCUT2D eigenvalue weighted by molar-refractivity contribution is 0.0691. The largest absolute Gasteiger partial charge is 0.477 e. The van der Waals surface area contributed by atoms with Gasteiger partial charge in [0.05, 0.1) is 15.1 Å². The normalized spacial score (nSPS) is 11.0. The van der Waals surface area contributed by atoms with E-state index in [1.165, 1.54) is 35.6 Å². The molecule has 3 rings (SSSR count). The van der Waals surface area contributed by atoms with Crippen LogP contribution in [-0.4, -0.2) is 29.5 Å². The molecule has 10 heteroatoms. The highest BCUT2D eigenvalue weighted by Crippen LogP contribution is 2.17. The van der Waals surface area contributed by atoms with Crippen LogP contribution < -0.4 is 10.9 Å². The molecule has 3 aromatic rings. The quantitative estimate of drug-likeness (QED) is 0.515. The Kier molecular flexibility index (Phi) is 4.45. The molecule has 0 saturated carbocycles. The number of sulfonamides is 1. The molecule has 0 unspecified atom stereocenters. The van der Waals surface area contributed by atoms with Gasteiger partial charge in [-0.1, -0.05) is 0 Å². The zero-order chi connectivity index (χ0) is 16.3. The number of aromatic nitrogens is 2. The molecule has 0 aliphatic rings. The number of aromatic carboxylic acids is 1. The number of primary sulfonamides is 1. The minimum absolute atomic E-state index is 0.0756. The van der Waals surface area contributed by atoms with Crippen LogP contribution in [0, 0.1) is 0 Å². The molecule has 0 atom stereocenters. The van der Waals surface area contributed by atoms with Crippen molar-refractivity contribution >= 4 is 43.4 Å². The smallest absolute Gasteiger partial charge is 0.352 e. The maximum absolute atomic E-state index is 10.7. The maximum atomic E-state index is 10.7. The Morgan fingerprint density at radius 2 is 1.91 bits per heavy atom. The van der Waals surface area contributed by atoms with Gasteiger partial charge in [-0.05, 0) is 30.3 Å². The monoisotopic (exact) mass is 340 g/mol. The van der Waals surface area contributed by atoms with Crippen molar-refractivity contribution in [1.29, 1.82) is 0 Å². The average Bonchev–Trinajstić information content (AvgIpc) is 2.99. The first-order valence-corrected chi connectivity index (χ1v) is 8.24.